The van der Waals surface area contributed by atoms with Crippen LogP contribution in [0, 0.1) is 6.92 Å². The van der Waals surface area contributed by atoms with E-state index in [-0.39, 0.29) is 5.91 Å². The van der Waals surface area contributed by atoms with Gasteiger partial charge in [-0.2, -0.15) is 0 Å². The monoisotopic (exact) mass is 271 g/mol. The first-order chi connectivity index (χ1) is 9.70. The average molecular weight is 271 g/mol. The molecule has 0 fully saturated rings. The van der Waals surface area contributed by atoms with Crippen LogP contribution < -0.4 is 10.1 Å². The van der Waals surface area contributed by atoms with Gasteiger partial charge in [0.25, 0.3) is 5.91 Å². The Morgan fingerprint density at radius 3 is 2.85 bits per heavy atom. The highest BCUT2D eigenvalue weighted by Gasteiger charge is 2.08. The summed E-state index contributed by atoms with van der Waals surface area (Å²) in [7, 11) is 0. The minimum atomic E-state index is -0.163. The van der Waals surface area contributed by atoms with E-state index in [4.69, 9.17) is 4.74 Å². The number of hydrogen-bond donors (Lipinski definition) is 1. The highest BCUT2D eigenvalue weighted by atomic mass is 16.5. The zero-order valence-electron chi connectivity index (χ0n) is 11.6. The van der Waals surface area contributed by atoms with Crippen LogP contribution in [0.3, 0.4) is 0 Å². The normalized spacial score (nSPS) is 10.1. The number of nitrogens with one attached hydrogen (secondary N) is 1. The number of nitrogens with zero attached hydrogens (tertiary/aromatic N) is 2. The summed E-state index contributed by atoms with van der Waals surface area (Å²) in [4.78, 5) is 20.2. The molecule has 2 aromatic heterocycles. The van der Waals surface area contributed by atoms with E-state index >= 15 is 0 Å². The minimum absolute atomic E-state index is 0.163. The Morgan fingerprint density at radius 1 is 1.30 bits per heavy atom. The summed E-state index contributed by atoms with van der Waals surface area (Å²) >= 11 is 0. The number of carbonyl (C=O) groups is 1. The third kappa shape index (κ3) is 3.54. The number of aryl methyl sites for hydroxylation is 1. The fourth-order valence-corrected chi connectivity index (χ4v) is 1.71. The lowest BCUT2D eigenvalue weighted by Gasteiger charge is -2.09. The van der Waals surface area contributed by atoms with Gasteiger partial charge in [-0.25, -0.2) is 4.98 Å². The Morgan fingerprint density at radius 2 is 2.15 bits per heavy atom. The SMILES string of the molecule is CCOc1ncccc1CNC(=O)c1ccc(C)nc1. The molecular weight excluding hydrogens is 254 g/mol. The molecule has 2 heterocycles. The summed E-state index contributed by atoms with van der Waals surface area (Å²) < 4.78 is 5.42. The molecule has 104 valence electrons. The molecule has 1 N–H and O–H groups in total. The molecule has 0 unspecified atom stereocenters. The van der Waals surface area contributed by atoms with E-state index in [1.54, 1.807) is 18.5 Å². The third-order valence-electron chi connectivity index (χ3n) is 2.74. The van der Waals surface area contributed by atoms with E-state index in [1.807, 2.05) is 32.0 Å². The van der Waals surface area contributed by atoms with Crippen molar-refractivity contribution in [3.8, 4) is 5.88 Å². The summed E-state index contributed by atoms with van der Waals surface area (Å²) in [6.07, 6.45) is 3.23. The Bertz CT molecular complexity index is 582. The maximum atomic E-state index is 12.0. The number of amides is 1. The molecule has 0 aromatic carbocycles. The van der Waals surface area contributed by atoms with Crippen molar-refractivity contribution >= 4 is 5.91 Å². The van der Waals surface area contributed by atoms with Crippen molar-refractivity contribution in [2.24, 2.45) is 0 Å². The summed E-state index contributed by atoms with van der Waals surface area (Å²) in [6.45, 7) is 4.69. The first-order valence-electron chi connectivity index (χ1n) is 6.48. The Kier molecular flexibility index (Phi) is 4.65. The van der Waals surface area contributed by atoms with Crippen LogP contribution in [0.5, 0.6) is 5.88 Å². The number of rotatable bonds is 5. The molecule has 0 radical (unpaired) electrons. The largest absolute Gasteiger partial charge is 0.478 e. The van der Waals surface area contributed by atoms with Gasteiger partial charge in [-0.1, -0.05) is 6.07 Å². The number of pyridine rings is 2. The molecule has 1 amide bonds. The molecule has 2 aromatic rings. The summed E-state index contributed by atoms with van der Waals surface area (Å²) in [5.74, 6) is 0.390. The van der Waals surface area contributed by atoms with Gasteiger partial charge in [0.1, 0.15) is 0 Å². The van der Waals surface area contributed by atoms with E-state index in [2.05, 4.69) is 15.3 Å². The number of aromatic nitrogens is 2. The van der Waals surface area contributed by atoms with Crippen molar-refractivity contribution in [1.29, 1.82) is 0 Å². The van der Waals surface area contributed by atoms with Crippen LogP contribution in [0.4, 0.5) is 0 Å². The first-order valence-corrected chi connectivity index (χ1v) is 6.48. The highest BCUT2D eigenvalue weighted by molar-refractivity contribution is 5.93. The summed E-state index contributed by atoms with van der Waals surface area (Å²) in [5, 5.41) is 2.83. The number of ether oxygens (including phenoxy) is 1. The standard InChI is InChI=1S/C15H17N3O2/c1-3-20-15-13(5-4-8-16-15)10-18-14(19)12-7-6-11(2)17-9-12/h4-9H,3,10H2,1-2H3,(H,18,19). The van der Waals surface area contributed by atoms with E-state index in [0.717, 1.165) is 11.3 Å². The second kappa shape index (κ2) is 6.65. The molecule has 2 rings (SSSR count). The number of hydrogen-bond acceptors (Lipinski definition) is 4. The van der Waals surface area contributed by atoms with Crippen molar-refractivity contribution in [2.75, 3.05) is 6.61 Å². The molecule has 5 nitrogen and oxygen atoms in total. The molecular formula is C15H17N3O2. The lowest BCUT2D eigenvalue weighted by atomic mass is 10.2. The van der Waals surface area contributed by atoms with Gasteiger partial charge in [0.2, 0.25) is 5.88 Å². The van der Waals surface area contributed by atoms with E-state index in [0.29, 0.717) is 24.6 Å². The van der Waals surface area contributed by atoms with Crippen molar-refractivity contribution in [3.05, 3.63) is 53.5 Å². The highest BCUT2D eigenvalue weighted by Crippen LogP contribution is 2.14. The molecule has 0 aliphatic carbocycles. The quantitative estimate of drug-likeness (QED) is 0.904. The molecule has 5 heteroatoms. The Hall–Kier alpha value is -2.43. The van der Waals surface area contributed by atoms with Crippen molar-refractivity contribution in [2.45, 2.75) is 20.4 Å². The molecule has 20 heavy (non-hydrogen) atoms. The van der Waals surface area contributed by atoms with Crippen LogP contribution >= 0.6 is 0 Å². The van der Waals surface area contributed by atoms with Crippen LogP contribution in [0.1, 0.15) is 28.5 Å². The van der Waals surface area contributed by atoms with Crippen molar-refractivity contribution in [1.82, 2.24) is 15.3 Å². The van der Waals surface area contributed by atoms with E-state index < -0.39 is 0 Å². The molecule has 0 saturated heterocycles. The van der Waals surface area contributed by atoms with Crippen molar-refractivity contribution < 1.29 is 9.53 Å². The maximum absolute atomic E-state index is 12.0. The zero-order chi connectivity index (χ0) is 14.4. The molecule has 0 saturated carbocycles. The first kappa shape index (κ1) is 14.0. The molecule has 0 aliphatic rings. The van der Waals surface area contributed by atoms with Gasteiger partial charge in [0, 0.05) is 30.2 Å². The summed E-state index contributed by atoms with van der Waals surface area (Å²) in [6, 6.07) is 7.26. The van der Waals surface area contributed by atoms with Crippen LogP contribution in [0.25, 0.3) is 0 Å². The third-order valence-corrected chi connectivity index (χ3v) is 2.74. The topological polar surface area (TPSA) is 64.1 Å². The van der Waals surface area contributed by atoms with Crippen LogP contribution in [-0.4, -0.2) is 22.5 Å². The van der Waals surface area contributed by atoms with Gasteiger partial charge in [-0.3, -0.25) is 9.78 Å². The molecule has 0 aliphatic heterocycles. The summed E-state index contributed by atoms with van der Waals surface area (Å²) in [5.41, 5.74) is 2.27. The fourth-order valence-electron chi connectivity index (χ4n) is 1.71. The Labute approximate surface area is 118 Å². The predicted molar refractivity (Wildman–Crippen MR) is 75.6 cm³/mol. The Balaban J connectivity index is 2.01. The van der Waals surface area contributed by atoms with Gasteiger partial charge in [0.05, 0.1) is 12.2 Å². The number of carbonyl (C=O) groups excluding carboxylic acids is 1. The van der Waals surface area contributed by atoms with Crippen LogP contribution in [0.15, 0.2) is 36.7 Å². The van der Waals surface area contributed by atoms with Crippen molar-refractivity contribution in [3.63, 3.8) is 0 Å². The smallest absolute Gasteiger partial charge is 0.253 e. The lowest BCUT2D eigenvalue weighted by Crippen LogP contribution is -2.23. The molecule has 0 spiro atoms. The second-order valence-corrected chi connectivity index (χ2v) is 4.27. The minimum Gasteiger partial charge on any atom is -0.478 e. The lowest BCUT2D eigenvalue weighted by molar-refractivity contribution is 0.0950. The van der Waals surface area contributed by atoms with Gasteiger partial charge < -0.3 is 10.1 Å². The van der Waals surface area contributed by atoms with Gasteiger partial charge >= 0.3 is 0 Å². The molecule has 0 atom stereocenters. The van der Waals surface area contributed by atoms with Gasteiger partial charge in [-0.05, 0) is 32.0 Å². The zero-order valence-corrected chi connectivity index (χ0v) is 11.6. The second-order valence-electron chi connectivity index (χ2n) is 4.27. The predicted octanol–water partition coefficient (Wildman–Crippen LogP) is 2.11. The van der Waals surface area contributed by atoms with Gasteiger partial charge in [-0.15, -0.1) is 0 Å². The average Bonchev–Trinajstić information content (AvgIpc) is 2.47. The van der Waals surface area contributed by atoms with Crippen LogP contribution in [-0.2, 0) is 6.54 Å². The van der Waals surface area contributed by atoms with E-state index in [1.165, 1.54) is 0 Å². The fraction of sp³-hybridized carbons (Fsp3) is 0.267. The molecule has 0 bridgehead atoms. The van der Waals surface area contributed by atoms with Gasteiger partial charge in [0.15, 0.2) is 0 Å². The van der Waals surface area contributed by atoms with Crippen LogP contribution in [0.2, 0.25) is 0 Å². The van der Waals surface area contributed by atoms with E-state index in [9.17, 15) is 4.79 Å². The maximum Gasteiger partial charge on any atom is 0.253 e.